The first-order chi connectivity index (χ1) is 11.5. The summed E-state index contributed by atoms with van der Waals surface area (Å²) in [6, 6.07) is -1.44. The lowest BCUT2D eigenvalue weighted by molar-refractivity contribution is -0.152. The summed E-state index contributed by atoms with van der Waals surface area (Å²) in [6.45, 7) is 4.86. The van der Waals surface area contributed by atoms with Gasteiger partial charge in [0.05, 0.1) is 13.2 Å². The SMILES string of the molecule is CCCCOC(=O)C(N)C1CCCCC1C(N)C(=O)OCCCC. The summed E-state index contributed by atoms with van der Waals surface area (Å²) >= 11 is 0. The van der Waals surface area contributed by atoms with Gasteiger partial charge in [-0.25, -0.2) is 0 Å². The van der Waals surface area contributed by atoms with Crippen molar-refractivity contribution in [1.29, 1.82) is 0 Å². The van der Waals surface area contributed by atoms with Gasteiger partial charge >= 0.3 is 11.9 Å². The molecule has 24 heavy (non-hydrogen) atoms. The summed E-state index contributed by atoms with van der Waals surface area (Å²) in [5, 5.41) is 0. The Morgan fingerprint density at radius 3 is 1.58 bits per heavy atom. The Bertz CT molecular complexity index is 353. The van der Waals surface area contributed by atoms with Gasteiger partial charge in [0.2, 0.25) is 0 Å². The first-order valence-corrected chi connectivity index (χ1v) is 9.37. The number of ether oxygens (including phenoxy) is 2. The largest absolute Gasteiger partial charge is 0.465 e. The van der Waals surface area contributed by atoms with Crippen molar-refractivity contribution >= 4 is 11.9 Å². The third-order valence-electron chi connectivity index (χ3n) is 4.83. The van der Waals surface area contributed by atoms with Crippen LogP contribution in [0.2, 0.25) is 0 Å². The van der Waals surface area contributed by atoms with E-state index in [4.69, 9.17) is 20.9 Å². The third kappa shape index (κ3) is 6.40. The number of hydrogen-bond acceptors (Lipinski definition) is 6. The van der Waals surface area contributed by atoms with E-state index < -0.39 is 12.1 Å². The molecule has 0 radical (unpaired) electrons. The Labute approximate surface area is 145 Å². The number of esters is 2. The first kappa shape index (κ1) is 20.9. The quantitative estimate of drug-likeness (QED) is 0.465. The standard InChI is InChI=1S/C18H34N2O4/c1-3-5-11-23-17(21)15(19)13-9-7-8-10-14(13)16(20)18(22)24-12-6-4-2/h13-16H,3-12,19-20H2,1-2H3. The second kappa shape index (κ2) is 11.4. The van der Waals surface area contributed by atoms with Crippen molar-refractivity contribution < 1.29 is 19.1 Å². The maximum Gasteiger partial charge on any atom is 0.323 e. The normalized spacial score (nSPS) is 23.3. The molecule has 1 aliphatic carbocycles. The molecule has 4 N–H and O–H groups in total. The molecule has 4 unspecified atom stereocenters. The number of unbranched alkanes of at least 4 members (excludes halogenated alkanes) is 2. The Kier molecular flexibility index (Phi) is 9.95. The fourth-order valence-corrected chi connectivity index (χ4v) is 3.26. The van der Waals surface area contributed by atoms with Gasteiger partial charge in [0.25, 0.3) is 0 Å². The van der Waals surface area contributed by atoms with E-state index in [9.17, 15) is 9.59 Å². The minimum absolute atomic E-state index is 0.124. The first-order valence-electron chi connectivity index (χ1n) is 9.37. The van der Waals surface area contributed by atoms with Gasteiger partial charge in [-0.15, -0.1) is 0 Å². The zero-order valence-electron chi connectivity index (χ0n) is 15.2. The van der Waals surface area contributed by atoms with Crippen molar-refractivity contribution in [3.05, 3.63) is 0 Å². The summed E-state index contributed by atoms with van der Waals surface area (Å²) in [5.41, 5.74) is 12.3. The number of rotatable bonds is 10. The smallest absolute Gasteiger partial charge is 0.323 e. The highest BCUT2D eigenvalue weighted by Crippen LogP contribution is 2.34. The van der Waals surface area contributed by atoms with Gasteiger partial charge in [-0.1, -0.05) is 39.5 Å². The molecule has 6 nitrogen and oxygen atoms in total. The molecular weight excluding hydrogens is 308 g/mol. The highest BCUT2D eigenvalue weighted by atomic mass is 16.5. The molecule has 0 aliphatic heterocycles. The highest BCUT2D eigenvalue weighted by Gasteiger charge is 2.40. The van der Waals surface area contributed by atoms with Gasteiger partial charge in [-0.05, 0) is 37.5 Å². The molecule has 1 saturated carbocycles. The Hall–Kier alpha value is -1.14. The van der Waals surface area contributed by atoms with Crippen molar-refractivity contribution in [3.63, 3.8) is 0 Å². The van der Waals surface area contributed by atoms with Crippen molar-refractivity contribution in [2.75, 3.05) is 13.2 Å². The van der Waals surface area contributed by atoms with E-state index in [1.165, 1.54) is 0 Å². The van der Waals surface area contributed by atoms with Crippen LogP contribution < -0.4 is 11.5 Å². The molecule has 1 rings (SSSR count). The fraction of sp³-hybridized carbons (Fsp3) is 0.889. The van der Waals surface area contributed by atoms with Crippen molar-refractivity contribution in [1.82, 2.24) is 0 Å². The van der Waals surface area contributed by atoms with Crippen LogP contribution in [-0.2, 0) is 19.1 Å². The predicted molar refractivity (Wildman–Crippen MR) is 93.1 cm³/mol. The third-order valence-corrected chi connectivity index (χ3v) is 4.83. The molecular formula is C18H34N2O4. The van der Waals surface area contributed by atoms with Crippen LogP contribution >= 0.6 is 0 Å². The Morgan fingerprint density at radius 2 is 1.25 bits per heavy atom. The number of carbonyl (C=O) groups excluding carboxylic acids is 2. The summed E-state index contributed by atoms with van der Waals surface area (Å²) in [7, 11) is 0. The van der Waals surface area contributed by atoms with Crippen molar-refractivity contribution in [2.45, 2.75) is 77.3 Å². The summed E-state index contributed by atoms with van der Waals surface area (Å²) < 4.78 is 10.5. The van der Waals surface area contributed by atoms with Crippen LogP contribution in [0, 0.1) is 11.8 Å². The lowest BCUT2D eigenvalue weighted by atomic mass is 9.72. The molecule has 0 amide bonds. The van der Waals surface area contributed by atoms with Crippen molar-refractivity contribution in [3.8, 4) is 0 Å². The maximum atomic E-state index is 12.2. The molecule has 6 heteroatoms. The number of carbonyl (C=O) groups is 2. The van der Waals surface area contributed by atoms with Crippen LogP contribution in [-0.4, -0.2) is 37.2 Å². The molecule has 0 spiro atoms. The van der Waals surface area contributed by atoms with Crippen LogP contribution in [0.1, 0.15) is 65.2 Å². The summed E-state index contributed by atoms with van der Waals surface area (Å²) in [5.74, 6) is -1.01. The van der Waals surface area contributed by atoms with Gasteiger partial charge in [0.1, 0.15) is 12.1 Å². The molecule has 1 fully saturated rings. The minimum Gasteiger partial charge on any atom is -0.465 e. The molecule has 4 atom stereocenters. The minimum atomic E-state index is -0.721. The highest BCUT2D eigenvalue weighted by molar-refractivity contribution is 5.78. The van der Waals surface area contributed by atoms with Gasteiger partial charge < -0.3 is 20.9 Å². The second-order valence-corrected chi connectivity index (χ2v) is 6.71. The number of hydrogen-bond donors (Lipinski definition) is 2. The summed E-state index contributed by atoms with van der Waals surface area (Å²) in [4.78, 5) is 24.3. The van der Waals surface area contributed by atoms with E-state index >= 15 is 0 Å². The van der Waals surface area contributed by atoms with Gasteiger partial charge in [0.15, 0.2) is 0 Å². The fourth-order valence-electron chi connectivity index (χ4n) is 3.26. The average molecular weight is 342 g/mol. The van der Waals surface area contributed by atoms with Crippen LogP contribution in [0.25, 0.3) is 0 Å². The van der Waals surface area contributed by atoms with Gasteiger partial charge in [0, 0.05) is 0 Å². The topological polar surface area (TPSA) is 105 Å². The van der Waals surface area contributed by atoms with Crippen LogP contribution in [0.4, 0.5) is 0 Å². The maximum absolute atomic E-state index is 12.2. The van der Waals surface area contributed by atoms with E-state index in [-0.39, 0.29) is 23.8 Å². The molecule has 0 aromatic carbocycles. The predicted octanol–water partition coefficient (Wildman–Crippen LogP) is 2.13. The van der Waals surface area contributed by atoms with E-state index in [1.54, 1.807) is 0 Å². The monoisotopic (exact) mass is 342 g/mol. The molecule has 1 aliphatic rings. The van der Waals surface area contributed by atoms with E-state index in [1.807, 2.05) is 13.8 Å². The Morgan fingerprint density at radius 1 is 0.875 bits per heavy atom. The summed E-state index contributed by atoms with van der Waals surface area (Å²) in [6.07, 6.45) is 7.16. The zero-order chi connectivity index (χ0) is 17.9. The molecule has 0 saturated heterocycles. The molecule has 0 heterocycles. The van der Waals surface area contributed by atoms with E-state index in [2.05, 4.69) is 0 Å². The van der Waals surface area contributed by atoms with Gasteiger partial charge in [-0.3, -0.25) is 9.59 Å². The second-order valence-electron chi connectivity index (χ2n) is 6.71. The van der Waals surface area contributed by atoms with Gasteiger partial charge in [-0.2, -0.15) is 0 Å². The molecule has 0 aromatic rings. The van der Waals surface area contributed by atoms with Crippen LogP contribution in [0.3, 0.4) is 0 Å². The lowest BCUT2D eigenvalue weighted by Gasteiger charge is -2.36. The van der Waals surface area contributed by atoms with Crippen LogP contribution in [0.15, 0.2) is 0 Å². The molecule has 0 bridgehead atoms. The van der Waals surface area contributed by atoms with E-state index in [0.717, 1.165) is 51.4 Å². The van der Waals surface area contributed by atoms with E-state index in [0.29, 0.717) is 13.2 Å². The average Bonchev–Trinajstić information content (AvgIpc) is 2.60. The zero-order valence-corrected chi connectivity index (χ0v) is 15.2. The Balaban J connectivity index is 2.62. The van der Waals surface area contributed by atoms with Crippen molar-refractivity contribution in [2.24, 2.45) is 23.3 Å². The molecule has 140 valence electrons. The molecule has 0 aromatic heterocycles. The number of nitrogens with two attached hydrogens (primary N) is 2. The lowest BCUT2D eigenvalue weighted by Crippen LogP contribution is -2.51. The van der Waals surface area contributed by atoms with Crippen LogP contribution in [0.5, 0.6) is 0 Å².